The van der Waals surface area contributed by atoms with Gasteiger partial charge in [0.15, 0.2) is 0 Å². The molecule has 1 aliphatic carbocycles. The highest BCUT2D eigenvalue weighted by Crippen LogP contribution is 2.38. The van der Waals surface area contributed by atoms with E-state index >= 15 is 0 Å². The maximum Gasteiger partial charge on any atom is 0.138 e. The molecule has 6 heteroatoms. The summed E-state index contributed by atoms with van der Waals surface area (Å²) in [5, 5.41) is 5.08. The standard InChI is InChI=1S/C19H26N4OS/c1-2-4-16-15(3-1)17-18(20-12-21-19(17)25-16)22-13-5-8-23(9-6-13)14-7-10-24-11-14/h12-14H,1-11H2,(H,20,21,22). The second-order valence-corrected chi connectivity index (χ2v) is 8.67. The number of piperidine rings is 1. The van der Waals surface area contributed by atoms with Gasteiger partial charge in [-0.2, -0.15) is 0 Å². The second-order valence-electron chi connectivity index (χ2n) is 7.59. The van der Waals surface area contributed by atoms with E-state index in [1.807, 2.05) is 11.3 Å². The maximum absolute atomic E-state index is 5.55. The van der Waals surface area contributed by atoms with Crippen LogP contribution < -0.4 is 5.32 Å². The third kappa shape index (κ3) is 3.04. The van der Waals surface area contributed by atoms with Crippen LogP contribution >= 0.6 is 11.3 Å². The quantitative estimate of drug-likeness (QED) is 0.913. The van der Waals surface area contributed by atoms with E-state index in [0.717, 1.165) is 19.0 Å². The van der Waals surface area contributed by atoms with E-state index in [1.165, 1.54) is 73.8 Å². The van der Waals surface area contributed by atoms with Gasteiger partial charge in [0.2, 0.25) is 0 Å². The highest BCUT2D eigenvalue weighted by atomic mass is 32.1. The highest BCUT2D eigenvalue weighted by Gasteiger charge is 2.28. The highest BCUT2D eigenvalue weighted by molar-refractivity contribution is 7.19. The number of rotatable bonds is 3. The van der Waals surface area contributed by atoms with E-state index in [4.69, 9.17) is 4.74 Å². The summed E-state index contributed by atoms with van der Waals surface area (Å²) < 4.78 is 5.55. The van der Waals surface area contributed by atoms with Crippen LogP contribution in [0.25, 0.3) is 10.2 Å². The molecular weight excluding hydrogens is 332 g/mol. The van der Waals surface area contributed by atoms with Crippen LogP contribution in [0.4, 0.5) is 5.82 Å². The Morgan fingerprint density at radius 2 is 2.00 bits per heavy atom. The average Bonchev–Trinajstić information content (AvgIpc) is 3.30. The van der Waals surface area contributed by atoms with Gasteiger partial charge in [0.25, 0.3) is 0 Å². The van der Waals surface area contributed by atoms with Crippen molar-refractivity contribution in [1.82, 2.24) is 14.9 Å². The Balaban J connectivity index is 1.32. The molecule has 0 amide bonds. The van der Waals surface area contributed by atoms with Gasteiger partial charge in [-0.05, 0) is 50.5 Å². The molecule has 3 aliphatic rings. The Labute approximate surface area is 152 Å². The molecule has 0 aromatic carbocycles. The molecule has 2 aromatic rings. The average molecular weight is 359 g/mol. The minimum absolute atomic E-state index is 0.524. The Morgan fingerprint density at radius 3 is 2.84 bits per heavy atom. The van der Waals surface area contributed by atoms with Gasteiger partial charge in [-0.15, -0.1) is 11.3 Å². The van der Waals surface area contributed by atoms with Gasteiger partial charge in [-0.3, -0.25) is 4.90 Å². The van der Waals surface area contributed by atoms with Gasteiger partial charge >= 0.3 is 0 Å². The van der Waals surface area contributed by atoms with Crippen molar-refractivity contribution in [3.8, 4) is 0 Å². The Kier molecular flexibility index (Phi) is 4.36. The number of aromatic nitrogens is 2. The molecule has 25 heavy (non-hydrogen) atoms. The Bertz CT molecular complexity index is 747. The van der Waals surface area contributed by atoms with Crippen LogP contribution in [-0.4, -0.2) is 53.3 Å². The molecule has 2 saturated heterocycles. The molecule has 0 saturated carbocycles. The largest absolute Gasteiger partial charge is 0.380 e. The fourth-order valence-electron chi connectivity index (χ4n) is 4.61. The predicted molar refractivity (Wildman–Crippen MR) is 101 cm³/mol. The number of nitrogens with zero attached hydrogens (tertiary/aromatic N) is 3. The van der Waals surface area contributed by atoms with Crippen LogP contribution in [0, 0.1) is 0 Å². The third-order valence-corrected chi connectivity index (χ3v) is 7.24. The molecule has 5 rings (SSSR count). The number of anilines is 1. The lowest BCUT2D eigenvalue weighted by Crippen LogP contribution is -2.45. The number of thiophene rings is 1. The normalized spacial score (nSPS) is 25.4. The first-order valence-electron chi connectivity index (χ1n) is 9.72. The first-order chi connectivity index (χ1) is 12.4. The van der Waals surface area contributed by atoms with Crippen LogP contribution in [0.5, 0.6) is 0 Å². The fraction of sp³-hybridized carbons (Fsp3) is 0.684. The van der Waals surface area contributed by atoms with E-state index in [9.17, 15) is 0 Å². The predicted octanol–water partition coefficient (Wildman–Crippen LogP) is 3.24. The molecule has 134 valence electrons. The van der Waals surface area contributed by atoms with Crippen molar-refractivity contribution >= 4 is 27.4 Å². The molecule has 5 nitrogen and oxygen atoms in total. The molecule has 0 radical (unpaired) electrons. The molecule has 2 aromatic heterocycles. The molecule has 0 bridgehead atoms. The smallest absolute Gasteiger partial charge is 0.138 e. The maximum atomic E-state index is 5.55. The molecule has 1 unspecified atom stereocenters. The minimum Gasteiger partial charge on any atom is -0.380 e. The topological polar surface area (TPSA) is 50.3 Å². The first-order valence-corrected chi connectivity index (χ1v) is 10.5. The van der Waals surface area contributed by atoms with Gasteiger partial charge in [0, 0.05) is 36.7 Å². The lowest BCUT2D eigenvalue weighted by atomic mass is 9.96. The summed E-state index contributed by atoms with van der Waals surface area (Å²) in [6.45, 7) is 4.19. The summed E-state index contributed by atoms with van der Waals surface area (Å²) in [6.07, 6.45) is 10.3. The number of nitrogens with one attached hydrogen (secondary N) is 1. The van der Waals surface area contributed by atoms with Gasteiger partial charge in [0.1, 0.15) is 17.0 Å². The summed E-state index contributed by atoms with van der Waals surface area (Å²) >= 11 is 1.88. The van der Waals surface area contributed by atoms with Gasteiger partial charge < -0.3 is 10.1 Å². The molecule has 4 heterocycles. The SMILES string of the molecule is c1nc(NC2CCN(C3CCOC3)CC2)c2c3c(sc2n1)CCCC3. The number of ether oxygens (including phenoxy) is 1. The third-order valence-electron chi connectivity index (χ3n) is 6.04. The zero-order chi connectivity index (χ0) is 16.6. The van der Waals surface area contributed by atoms with Crippen molar-refractivity contribution in [3.05, 3.63) is 16.8 Å². The van der Waals surface area contributed by atoms with Crippen molar-refractivity contribution < 1.29 is 4.74 Å². The zero-order valence-corrected chi connectivity index (χ0v) is 15.5. The zero-order valence-electron chi connectivity index (χ0n) is 14.7. The van der Waals surface area contributed by atoms with E-state index < -0.39 is 0 Å². The molecule has 2 aliphatic heterocycles. The monoisotopic (exact) mass is 358 g/mol. The lowest BCUT2D eigenvalue weighted by Gasteiger charge is -2.35. The van der Waals surface area contributed by atoms with E-state index in [2.05, 4.69) is 20.2 Å². The molecule has 1 N–H and O–H groups in total. The lowest BCUT2D eigenvalue weighted by molar-refractivity contribution is 0.124. The van der Waals surface area contributed by atoms with Crippen LogP contribution in [0.2, 0.25) is 0 Å². The number of hydrogen-bond acceptors (Lipinski definition) is 6. The summed E-state index contributed by atoms with van der Waals surface area (Å²) in [5.41, 5.74) is 1.52. The number of hydrogen-bond donors (Lipinski definition) is 1. The van der Waals surface area contributed by atoms with Crippen LogP contribution in [0.1, 0.15) is 42.5 Å². The van der Waals surface area contributed by atoms with E-state index in [0.29, 0.717) is 12.1 Å². The Hall–Kier alpha value is -1.24. The van der Waals surface area contributed by atoms with Gasteiger partial charge in [-0.1, -0.05) is 0 Å². The van der Waals surface area contributed by atoms with E-state index in [-0.39, 0.29) is 0 Å². The number of likely N-dealkylation sites (tertiary alicyclic amines) is 1. The van der Waals surface area contributed by atoms with Crippen molar-refractivity contribution in [1.29, 1.82) is 0 Å². The number of fused-ring (bicyclic) bond motifs is 3. The summed E-state index contributed by atoms with van der Waals surface area (Å²) in [4.78, 5) is 14.5. The molecule has 2 fully saturated rings. The van der Waals surface area contributed by atoms with Crippen molar-refractivity contribution in [2.24, 2.45) is 0 Å². The minimum atomic E-state index is 0.524. The summed E-state index contributed by atoms with van der Waals surface area (Å²) in [6, 6.07) is 1.17. The van der Waals surface area contributed by atoms with Crippen LogP contribution in [0.3, 0.4) is 0 Å². The summed E-state index contributed by atoms with van der Waals surface area (Å²) in [7, 11) is 0. The molecule has 0 spiro atoms. The molecule has 1 atom stereocenters. The number of aryl methyl sites for hydroxylation is 2. The van der Waals surface area contributed by atoms with Crippen molar-refractivity contribution in [3.63, 3.8) is 0 Å². The van der Waals surface area contributed by atoms with Crippen LogP contribution in [-0.2, 0) is 17.6 Å². The fourth-order valence-corrected chi connectivity index (χ4v) is 5.84. The summed E-state index contributed by atoms with van der Waals surface area (Å²) in [5.74, 6) is 1.08. The van der Waals surface area contributed by atoms with Gasteiger partial charge in [-0.25, -0.2) is 9.97 Å². The molecular formula is C19H26N4OS. The first kappa shape index (κ1) is 16.0. The van der Waals surface area contributed by atoms with E-state index in [1.54, 1.807) is 11.2 Å². The van der Waals surface area contributed by atoms with Crippen molar-refractivity contribution in [2.45, 2.75) is 57.0 Å². The Morgan fingerprint density at radius 1 is 1.12 bits per heavy atom. The second kappa shape index (κ2) is 6.82. The van der Waals surface area contributed by atoms with Crippen molar-refractivity contribution in [2.75, 3.05) is 31.6 Å². The van der Waals surface area contributed by atoms with Gasteiger partial charge in [0.05, 0.1) is 12.0 Å². The van der Waals surface area contributed by atoms with Crippen LogP contribution in [0.15, 0.2) is 6.33 Å².